The largest absolute Gasteiger partial charge is 0.508 e. The van der Waals surface area contributed by atoms with Crippen molar-refractivity contribution >= 4 is 11.8 Å². The van der Waals surface area contributed by atoms with E-state index in [0.29, 0.717) is 11.0 Å². The number of benzene rings is 1. The average molecular weight is 211 g/mol. The second-order valence-electron chi connectivity index (χ2n) is 3.34. The van der Waals surface area contributed by atoms with Crippen molar-refractivity contribution in [2.75, 3.05) is 12.8 Å². The molecule has 2 N–H and O–H groups in total. The van der Waals surface area contributed by atoms with Crippen LogP contribution in [-0.2, 0) is 6.54 Å². The molecule has 1 rings (SSSR count). The first-order valence-corrected chi connectivity index (χ1v) is 6.02. The molecule has 0 saturated heterocycles. The van der Waals surface area contributed by atoms with Gasteiger partial charge in [0.2, 0.25) is 0 Å². The van der Waals surface area contributed by atoms with Gasteiger partial charge in [-0.05, 0) is 24.0 Å². The summed E-state index contributed by atoms with van der Waals surface area (Å²) in [6.45, 7) is 4.09. The predicted molar refractivity (Wildman–Crippen MR) is 62.8 cm³/mol. The normalized spacial score (nSPS) is 12.7. The topological polar surface area (TPSA) is 32.3 Å². The minimum Gasteiger partial charge on any atom is -0.508 e. The third-order valence-corrected chi connectivity index (χ3v) is 3.07. The number of phenolic OH excluding ortho intramolecular Hbond substituents is 1. The van der Waals surface area contributed by atoms with Crippen molar-refractivity contribution in [2.24, 2.45) is 0 Å². The van der Waals surface area contributed by atoms with E-state index in [1.165, 1.54) is 5.56 Å². The van der Waals surface area contributed by atoms with Crippen LogP contribution in [0.3, 0.4) is 0 Å². The summed E-state index contributed by atoms with van der Waals surface area (Å²) in [4.78, 5) is 0. The molecule has 1 unspecified atom stereocenters. The number of aromatic hydroxyl groups is 1. The van der Waals surface area contributed by atoms with Crippen molar-refractivity contribution in [3.05, 3.63) is 29.8 Å². The molecule has 0 fully saturated rings. The lowest BCUT2D eigenvalue weighted by Gasteiger charge is -2.09. The van der Waals surface area contributed by atoms with Gasteiger partial charge in [0.1, 0.15) is 5.75 Å². The molecule has 1 aromatic carbocycles. The van der Waals surface area contributed by atoms with Gasteiger partial charge in [0.05, 0.1) is 0 Å². The van der Waals surface area contributed by atoms with Gasteiger partial charge in [-0.25, -0.2) is 0 Å². The summed E-state index contributed by atoms with van der Waals surface area (Å²) < 4.78 is 0. The highest BCUT2D eigenvalue weighted by Gasteiger charge is 1.98. The highest BCUT2D eigenvalue weighted by atomic mass is 32.2. The molecule has 0 spiro atoms. The van der Waals surface area contributed by atoms with Gasteiger partial charge < -0.3 is 10.4 Å². The summed E-state index contributed by atoms with van der Waals surface area (Å²) in [6.07, 6.45) is 2.12. The van der Waals surface area contributed by atoms with Gasteiger partial charge in [0, 0.05) is 18.3 Å². The molecule has 0 aliphatic heterocycles. The summed E-state index contributed by atoms with van der Waals surface area (Å²) in [7, 11) is 0. The quantitative estimate of drug-likeness (QED) is 0.783. The molecule has 2 nitrogen and oxygen atoms in total. The summed E-state index contributed by atoms with van der Waals surface area (Å²) in [5.41, 5.74) is 1.20. The molecule has 0 heterocycles. The van der Waals surface area contributed by atoms with E-state index < -0.39 is 0 Å². The fourth-order valence-corrected chi connectivity index (χ4v) is 1.40. The smallest absolute Gasteiger partial charge is 0.115 e. The Balaban J connectivity index is 2.28. The number of phenols is 1. The third-order valence-electron chi connectivity index (χ3n) is 2.10. The van der Waals surface area contributed by atoms with E-state index in [-0.39, 0.29) is 0 Å². The maximum Gasteiger partial charge on any atom is 0.115 e. The summed E-state index contributed by atoms with van der Waals surface area (Å²) >= 11 is 1.86. The minimum atomic E-state index is 0.325. The molecule has 3 heteroatoms. The van der Waals surface area contributed by atoms with Crippen LogP contribution in [0.1, 0.15) is 12.5 Å². The van der Waals surface area contributed by atoms with Crippen LogP contribution in [0.25, 0.3) is 0 Å². The zero-order valence-electron chi connectivity index (χ0n) is 8.66. The van der Waals surface area contributed by atoms with E-state index in [9.17, 15) is 0 Å². The second-order valence-corrected chi connectivity index (χ2v) is 4.62. The first-order valence-electron chi connectivity index (χ1n) is 4.74. The van der Waals surface area contributed by atoms with Crippen LogP contribution in [0.15, 0.2) is 24.3 Å². The first kappa shape index (κ1) is 11.4. The van der Waals surface area contributed by atoms with Crippen molar-refractivity contribution < 1.29 is 5.11 Å². The zero-order chi connectivity index (χ0) is 10.4. The van der Waals surface area contributed by atoms with Crippen molar-refractivity contribution in [1.82, 2.24) is 5.32 Å². The van der Waals surface area contributed by atoms with Crippen LogP contribution < -0.4 is 5.32 Å². The molecule has 0 aliphatic carbocycles. The van der Waals surface area contributed by atoms with E-state index in [2.05, 4.69) is 18.5 Å². The van der Waals surface area contributed by atoms with Gasteiger partial charge >= 0.3 is 0 Å². The van der Waals surface area contributed by atoms with Crippen molar-refractivity contribution in [1.29, 1.82) is 0 Å². The van der Waals surface area contributed by atoms with E-state index in [1.807, 2.05) is 23.9 Å². The van der Waals surface area contributed by atoms with E-state index in [1.54, 1.807) is 12.1 Å². The summed E-state index contributed by atoms with van der Waals surface area (Å²) in [5.74, 6) is 0.325. The summed E-state index contributed by atoms with van der Waals surface area (Å²) in [6, 6.07) is 7.31. The monoisotopic (exact) mass is 211 g/mol. The van der Waals surface area contributed by atoms with E-state index in [4.69, 9.17) is 5.11 Å². The molecular weight excluding hydrogens is 194 g/mol. The van der Waals surface area contributed by atoms with Gasteiger partial charge in [-0.2, -0.15) is 11.8 Å². The molecule has 0 aliphatic rings. The van der Waals surface area contributed by atoms with Gasteiger partial charge in [-0.15, -0.1) is 0 Å². The minimum absolute atomic E-state index is 0.325. The van der Waals surface area contributed by atoms with Crippen LogP contribution in [0, 0.1) is 0 Å². The molecular formula is C11H17NOS. The molecule has 0 bridgehead atoms. The molecule has 0 amide bonds. The van der Waals surface area contributed by atoms with Crippen LogP contribution in [0.5, 0.6) is 5.75 Å². The van der Waals surface area contributed by atoms with Crippen molar-refractivity contribution in [3.8, 4) is 5.75 Å². The SMILES string of the molecule is CSC(C)CNCc1ccc(O)cc1. The standard InChI is InChI=1S/C11H17NOS/c1-9(14-2)7-12-8-10-3-5-11(13)6-4-10/h3-6,9,12-13H,7-8H2,1-2H3. The zero-order valence-corrected chi connectivity index (χ0v) is 9.47. The highest BCUT2D eigenvalue weighted by molar-refractivity contribution is 7.99. The van der Waals surface area contributed by atoms with Crippen LogP contribution in [-0.4, -0.2) is 23.2 Å². The Labute approximate surface area is 89.7 Å². The molecule has 1 aromatic rings. The number of hydrogen-bond acceptors (Lipinski definition) is 3. The van der Waals surface area contributed by atoms with Crippen LogP contribution in [0.2, 0.25) is 0 Å². The fourth-order valence-electron chi connectivity index (χ4n) is 1.12. The molecule has 14 heavy (non-hydrogen) atoms. The lowest BCUT2D eigenvalue weighted by atomic mass is 10.2. The van der Waals surface area contributed by atoms with Crippen molar-refractivity contribution in [3.63, 3.8) is 0 Å². The number of nitrogens with one attached hydrogen (secondary N) is 1. The number of thioether (sulfide) groups is 1. The second kappa shape index (κ2) is 5.94. The maximum absolute atomic E-state index is 9.08. The Morgan fingerprint density at radius 1 is 1.36 bits per heavy atom. The van der Waals surface area contributed by atoms with Gasteiger partial charge in [0.15, 0.2) is 0 Å². The molecule has 0 saturated carbocycles. The highest BCUT2D eigenvalue weighted by Crippen LogP contribution is 2.09. The molecule has 1 atom stereocenters. The summed E-state index contributed by atoms with van der Waals surface area (Å²) in [5, 5.41) is 13.1. The third kappa shape index (κ3) is 4.03. The van der Waals surface area contributed by atoms with Gasteiger partial charge in [0.25, 0.3) is 0 Å². The van der Waals surface area contributed by atoms with Gasteiger partial charge in [-0.1, -0.05) is 19.1 Å². The lowest BCUT2D eigenvalue weighted by Crippen LogP contribution is -2.21. The molecule has 78 valence electrons. The number of hydrogen-bond donors (Lipinski definition) is 2. The van der Waals surface area contributed by atoms with Crippen LogP contribution in [0.4, 0.5) is 0 Å². The lowest BCUT2D eigenvalue weighted by molar-refractivity contribution is 0.475. The predicted octanol–water partition coefficient (Wildman–Crippen LogP) is 2.23. The average Bonchev–Trinajstić information content (AvgIpc) is 2.21. The van der Waals surface area contributed by atoms with E-state index in [0.717, 1.165) is 13.1 Å². The van der Waals surface area contributed by atoms with E-state index >= 15 is 0 Å². The Morgan fingerprint density at radius 3 is 2.57 bits per heavy atom. The fraction of sp³-hybridized carbons (Fsp3) is 0.455. The Morgan fingerprint density at radius 2 is 2.00 bits per heavy atom. The molecule has 0 radical (unpaired) electrons. The number of rotatable bonds is 5. The van der Waals surface area contributed by atoms with Crippen molar-refractivity contribution in [2.45, 2.75) is 18.7 Å². The Kier molecular flexibility index (Phi) is 4.84. The van der Waals surface area contributed by atoms with Gasteiger partial charge in [-0.3, -0.25) is 0 Å². The van der Waals surface area contributed by atoms with Crippen LogP contribution >= 0.6 is 11.8 Å². The molecule has 0 aromatic heterocycles. The maximum atomic E-state index is 9.08. The Bertz CT molecular complexity index is 260. The first-order chi connectivity index (χ1) is 6.72. The Hall–Kier alpha value is -0.670.